The fraction of sp³-hybridized carbons (Fsp3) is 0.533. The van der Waals surface area contributed by atoms with E-state index in [1.807, 2.05) is 13.0 Å². The van der Waals surface area contributed by atoms with Crippen LogP contribution in [-0.2, 0) is 5.41 Å². The number of aromatic nitrogens is 3. The van der Waals surface area contributed by atoms with Crippen molar-refractivity contribution in [1.29, 1.82) is 0 Å². The molecule has 2 heterocycles. The van der Waals surface area contributed by atoms with Crippen molar-refractivity contribution in [3.63, 3.8) is 0 Å². The number of nitrogens with one attached hydrogen (secondary N) is 1. The monoisotopic (exact) mass is 306 g/mol. The van der Waals surface area contributed by atoms with Crippen LogP contribution in [0.5, 0.6) is 0 Å². The van der Waals surface area contributed by atoms with E-state index >= 15 is 0 Å². The number of oxazole rings is 1. The van der Waals surface area contributed by atoms with Gasteiger partial charge in [-0.15, -0.1) is 0 Å². The molecule has 0 unspecified atom stereocenters. The number of hydrogen-bond donors (Lipinski definition) is 1. The summed E-state index contributed by atoms with van der Waals surface area (Å²) in [5.41, 5.74) is 0.762. The Morgan fingerprint density at radius 1 is 1.24 bits per heavy atom. The molecule has 0 bridgehead atoms. The number of aryl methyl sites for hydroxylation is 1. The number of rotatable bonds is 5. The third kappa shape index (κ3) is 4.46. The van der Waals surface area contributed by atoms with E-state index in [1.54, 1.807) is 6.26 Å². The summed E-state index contributed by atoms with van der Waals surface area (Å²) in [5.74, 6) is 1.66. The van der Waals surface area contributed by atoms with Crippen LogP contribution in [0.15, 0.2) is 27.0 Å². The molecule has 0 saturated carbocycles. The van der Waals surface area contributed by atoms with Crippen molar-refractivity contribution in [3.8, 4) is 0 Å². The third-order valence-electron chi connectivity index (χ3n) is 2.72. The Kier molecular flexibility index (Phi) is 4.88. The van der Waals surface area contributed by atoms with Crippen molar-refractivity contribution in [2.75, 3.05) is 11.9 Å². The summed E-state index contributed by atoms with van der Waals surface area (Å²) in [6.07, 6.45) is 2.70. The van der Waals surface area contributed by atoms with Gasteiger partial charge in [0.25, 0.3) is 5.22 Å². The predicted molar refractivity (Wildman–Crippen MR) is 84.9 cm³/mol. The van der Waals surface area contributed by atoms with Gasteiger partial charge in [0.2, 0.25) is 0 Å². The van der Waals surface area contributed by atoms with Crippen LogP contribution in [0.1, 0.15) is 45.6 Å². The van der Waals surface area contributed by atoms with Gasteiger partial charge in [-0.1, -0.05) is 27.7 Å². The molecule has 6 heteroatoms. The predicted octanol–water partition coefficient (Wildman–Crippen LogP) is 4.04. The Balaban J connectivity index is 2.30. The minimum Gasteiger partial charge on any atom is -0.439 e. The van der Waals surface area contributed by atoms with Crippen LogP contribution in [0.25, 0.3) is 0 Å². The van der Waals surface area contributed by atoms with Gasteiger partial charge < -0.3 is 9.73 Å². The van der Waals surface area contributed by atoms with E-state index in [-0.39, 0.29) is 5.41 Å². The van der Waals surface area contributed by atoms with Gasteiger partial charge in [0.1, 0.15) is 22.9 Å². The normalized spacial score (nSPS) is 11.7. The van der Waals surface area contributed by atoms with Crippen molar-refractivity contribution in [2.24, 2.45) is 0 Å². The molecule has 0 aliphatic rings. The standard InChI is InChI=1S/C15H22N4OS/c1-6-7-16-11-8-12(19-13(18-11)15(3,4)5)21-14-17-10(2)9-20-14/h8-9H,6-7H2,1-5H3,(H,16,18,19). The van der Waals surface area contributed by atoms with Crippen LogP contribution in [0.3, 0.4) is 0 Å². The Morgan fingerprint density at radius 3 is 2.57 bits per heavy atom. The fourth-order valence-corrected chi connectivity index (χ4v) is 2.39. The second-order valence-corrected chi connectivity index (χ2v) is 6.92. The molecule has 0 atom stereocenters. The fourth-order valence-electron chi connectivity index (χ4n) is 1.63. The van der Waals surface area contributed by atoms with Gasteiger partial charge in [-0.2, -0.15) is 0 Å². The first-order valence-corrected chi connectivity index (χ1v) is 7.93. The molecule has 0 spiro atoms. The van der Waals surface area contributed by atoms with Crippen molar-refractivity contribution in [3.05, 3.63) is 23.8 Å². The highest BCUT2D eigenvalue weighted by Gasteiger charge is 2.20. The van der Waals surface area contributed by atoms with Gasteiger partial charge in [0.05, 0.1) is 5.69 Å². The average molecular weight is 306 g/mol. The highest BCUT2D eigenvalue weighted by Crippen LogP contribution is 2.29. The van der Waals surface area contributed by atoms with Gasteiger partial charge in [0, 0.05) is 18.0 Å². The maximum absolute atomic E-state index is 5.39. The smallest absolute Gasteiger partial charge is 0.262 e. The Bertz CT molecular complexity index is 604. The minimum atomic E-state index is -0.105. The van der Waals surface area contributed by atoms with Crippen LogP contribution in [0.4, 0.5) is 5.82 Å². The molecule has 0 fully saturated rings. The SMILES string of the molecule is CCCNc1cc(Sc2nc(C)co2)nc(C(C)(C)C)n1. The lowest BCUT2D eigenvalue weighted by Crippen LogP contribution is -2.17. The molecule has 21 heavy (non-hydrogen) atoms. The number of nitrogens with zero attached hydrogens (tertiary/aromatic N) is 3. The third-order valence-corrected chi connectivity index (χ3v) is 3.50. The number of anilines is 1. The summed E-state index contributed by atoms with van der Waals surface area (Å²) < 4.78 is 5.39. The first-order chi connectivity index (χ1) is 9.88. The zero-order chi connectivity index (χ0) is 15.5. The van der Waals surface area contributed by atoms with Gasteiger partial charge in [0.15, 0.2) is 0 Å². The van der Waals surface area contributed by atoms with Crippen LogP contribution >= 0.6 is 11.8 Å². The molecule has 2 aromatic rings. The molecule has 0 amide bonds. The van der Waals surface area contributed by atoms with Gasteiger partial charge in [-0.05, 0) is 25.1 Å². The van der Waals surface area contributed by atoms with Gasteiger partial charge in [-0.25, -0.2) is 15.0 Å². The molecule has 5 nitrogen and oxygen atoms in total. The van der Waals surface area contributed by atoms with E-state index < -0.39 is 0 Å². The van der Waals surface area contributed by atoms with E-state index in [0.717, 1.165) is 35.3 Å². The highest BCUT2D eigenvalue weighted by molar-refractivity contribution is 7.99. The van der Waals surface area contributed by atoms with Gasteiger partial charge >= 0.3 is 0 Å². The van der Waals surface area contributed by atoms with Crippen LogP contribution in [0.2, 0.25) is 0 Å². The Hall–Kier alpha value is -1.56. The van der Waals surface area contributed by atoms with Crippen LogP contribution < -0.4 is 5.32 Å². The van der Waals surface area contributed by atoms with Crippen molar-refractivity contribution < 1.29 is 4.42 Å². The lowest BCUT2D eigenvalue weighted by atomic mass is 9.96. The largest absolute Gasteiger partial charge is 0.439 e. The molecule has 1 N–H and O–H groups in total. The first kappa shape index (κ1) is 15.8. The second-order valence-electron chi connectivity index (χ2n) is 5.95. The lowest BCUT2D eigenvalue weighted by molar-refractivity contribution is 0.453. The molecule has 0 aromatic carbocycles. The van der Waals surface area contributed by atoms with Crippen molar-refractivity contribution in [1.82, 2.24) is 15.0 Å². The molecular weight excluding hydrogens is 284 g/mol. The molecule has 0 aliphatic carbocycles. The van der Waals surface area contributed by atoms with E-state index in [1.165, 1.54) is 11.8 Å². The molecule has 0 radical (unpaired) electrons. The molecule has 2 rings (SSSR count). The Morgan fingerprint density at radius 2 is 2.00 bits per heavy atom. The van der Waals surface area contributed by atoms with Crippen LogP contribution in [-0.4, -0.2) is 21.5 Å². The maximum atomic E-state index is 5.39. The number of hydrogen-bond acceptors (Lipinski definition) is 6. The summed E-state index contributed by atoms with van der Waals surface area (Å²) >= 11 is 1.42. The maximum Gasteiger partial charge on any atom is 0.262 e. The lowest BCUT2D eigenvalue weighted by Gasteiger charge is -2.18. The summed E-state index contributed by atoms with van der Waals surface area (Å²) in [5, 5.41) is 4.77. The molecule has 114 valence electrons. The van der Waals surface area contributed by atoms with Gasteiger partial charge in [-0.3, -0.25) is 0 Å². The molecule has 2 aromatic heterocycles. The molecule has 0 aliphatic heterocycles. The van der Waals surface area contributed by atoms with E-state index in [4.69, 9.17) is 4.42 Å². The minimum absolute atomic E-state index is 0.105. The zero-order valence-electron chi connectivity index (χ0n) is 13.2. The first-order valence-electron chi connectivity index (χ1n) is 7.12. The Labute approximate surface area is 130 Å². The molecule has 0 saturated heterocycles. The van der Waals surface area contributed by atoms with E-state index in [2.05, 4.69) is 48.0 Å². The van der Waals surface area contributed by atoms with Crippen molar-refractivity contribution in [2.45, 2.75) is 56.7 Å². The summed E-state index contributed by atoms with van der Waals surface area (Å²) in [6.45, 7) is 11.2. The summed E-state index contributed by atoms with van der Waals surface area (Å²) in [7, 11) is 0. The highest BCUT2D eigenvalue weighted by atomic mass is 32.2. The van der Waals surface area contributed by atoms with E-state index in [0.29, 0.717) is 5.22 Å². The summed E-state index contributed by atoms with van der Waals surface area (Å²) in [6, 6.07) is 1.94. The van der Waals surface area contributed by atoms with Crippen LogP contribution in [0, 0.1) is 6.92 Å². The second kappa shape index (κ2) is 6.47. The quantitative estimate of drug-likeness (QED) is 0.841. The zero-order valence-corrected chi connectivity index (χ0v) is 14.0. The average Bonchev–Trinajstić information content (AvgIpc) is 2.80. The molecular formula is C15H22N4OS. The summed E-state index contributed by atoms with van der Waals surface area (Å²) in [4.78, 5) is 13.5. The van der Waals surface area contributed by atoms with E-state index in [9.17, 15) is 0 Å². The van der Waals surface area contributed by atoms with Crippen molar-refractivity contribution >= 4 is 17.6 Å². The topological polar surface area (TPSA) is 63.8 Å².